The van der Waals surface area contributed by atoms with Gasteiger partial charge in [0.1, 0.15) is 11.7 Å². The number of hydrogen-bond donors (Lipinski definition) is 1. The van der Waals surface area contributed by atoms with E-state index in [4.69, 9.17) is 4.74 Å². The van der Waals surface area contributed by atoms with Gasteiger partial charge in [-0.3, -0.25) is 0 Å². The molecule has 0 unspecified atom stereocenters. The van der Waals surface area contributed by atoms with Crippen molar-refractivity contribution in [2.45, 2.75) is 56.4 Å². The zero-order valence-electron chi connectivity index (χ0n) is 16.6. The van der Waals surface area contributed by atoms with Crippen LogP contribution in [0.15, 0.2) is 41.4 Å². The van der Waals surface area contributed by atoms with E-state index in [1.807, 2.05) is 0 Å². The summed E-state index contributed by atoms with van der Waals surface area (Å²) in [6, 6.07) is 6.33. The van der Waals surface area contributed by atoms with Gasteiger partial charge < -0.3 is 9.84 Å². The molecule has 2 aromatic rings. The first-order valence-corrected chi connectivity index (χ1v) is 11.0. The van der Waals surface area contributed by atoms with Crippen LogP contribution in [0.25, 0.3) is 11.1 Å². The lowest BCUT2D eigenvalue weighted by Crippen LogP contribution is -2.43. The van der Waals surface area contributed by atoms with Gasteiger partial charge in [-0.05, 0) is 43.5 Å². The van der Waals surface area contributed by atoms with E-state index in [2.05, 4.69) is 4.98 Å². The Kier molecular flexibility index (Phi) is 6.64. The number of alkyl halides is 3. The second-order valence-electron chi connectivity index (χ2n) is 6.94. The molecular formula is C20H24F3NO4S. The monoisotopic (exact) mass is 431 g/mol. The highest BCUT2D eigenvalue weighted by atomic mass is 32.2. The predicted octanol–water partition coefficient (Wildman–Crippen LogP) is 4.49. The largest absolute Gasteiger partial charge is 0.471 e. The second-order valence-corrected chi connectivity index (χ2v) is 8.96. The van der Waals surface area contributed by atoms with Crippen LogP contribution in [0.3, 0.4) is 0 Å². The number of aromatic nitrogens is 1. The summed E-state index contributed by atoms with van der Waals surface area (Å²) in [4.78, 5) is 3.89. The van der Waals surface area contributed by atoms with Crippen molar-refractivity contribution in [1.82, 2.24) is 4.98 Å². The molecule has 0 aliphatic carbocycles. The molecule has 1 aromatic carbocycles. The maximum Gasteiger partial charge on any atom is 0.417 e. The van der Waals surface area contributed by atoms with Gasteiger partial charge >= 0.3 is 6.18 Å². The molecule has 0 spiro atoms. The highest BCUT2D eigenvalue weighted by Gasteiger charge is 2.35. The maximum absolute atomic E-state index is 13.2. The van der Waals surface area contributed by atoms with Gasteiger partial charge in [-0.25, -0.2) is 13.4 Å². The van der Waals surface area contributed by atoms with Crippen molar-refractivity contribution in [2.75, 3.05) is 6.26 Å². The van der Waals surface area contributed by atoms with E-state index in [9.17, 15) is 26.7 Å². The standard InChI is InChI=1S/C20H24F3NO4S/c1-5-19(25,6-2)13(3)28-18-17(11-15(12-24-18)20(21,22)23)14-7-9-16(10-8-14)29(4,26)27/h7-13,25H,5-6H2,1-4H3/t13-/m1/s1. The number of halogens is 3. The normalized spacial score (nSPS) is 13.9. The summed E-state index contributed by atoms with van der Waals surface area (Å²) < 4.78 is 68.6. The topological polar surface area (TPSA) is 76.5 Å². The van der Waals surface area contributed by atoms with Gasteiger partial charge in [0.15, 0.2) is 9.84 Å². The quantitative estimate of drug-likeness (QED) is 0.699. The van der Waals surface area contributed by atoms with Crippen molar-refractivity contribution in [3.63, 3.8) is 0 Å². The molecule has 1 heterocycles. The SMILES string of the molecule is CCC(O)(CC)[C@@H](C)Oc1ncc(C(F)(F)F)cc1-c1ccc(S(C)(=O)=O)cc1. The Morgan fingerprint density at radius 3 is 2.14 bits per heavy atom. The number of pyridine rings is 1. The molecule has 9 heteroatoms. The molecule has 1 aromatic heterocycles. The summed E-state index contributed by atoms with van der Waals surface area (Å²) >= 11 is 0. The highest BCUT2D eigenvalue weighted by Crippen LogP contribution is 2.37. The lowest BCUT2D eigenvalue weighted by molar-refractivity contribution is -0.137. The molecule has 0 saturated heterocycles. The Morgan fingerprint density at radius 1 is 1.14 bits per heavy atom. The maximum atomic E-state index is 13.2. The van der Waals surface area contributed by atoms with E-state index in [1.165, 1.54) is 24.3 Å². The van der Waals surface area contributed by atoms with E-state index in [1.54, 1.807) is 20.8 Å². The van der Waals surface area contributed by atoms with E-state index in [-0.39, 0.29) is 16.3 Å². The molecule has 1 atom stereocenters. The van der Waals surface area contributed by atoms with Crippen molar-refractivity contribution in [1.29, 1.82) is 0 Å². The molecule has 2 rings (SSSR count). The number of hydrogen-bond acceptors (Lipinski definition) is 5. The molecule has 0 bridgehead atoms. The van der Waals surface area contributed by atoms with Crippen molar-refractivity contribution in [3.05, 3.63) is 42.1 Å². The third-order valence-electron chi connectivity index (χ3n) is 5.04. The molecule has 0 saturated carbocycles. The minimum atomic E-state index is -4.60. The van der Waals surface area contributed by atoms with Crippen molar-refractivity contribution in [2.24, 2.45) is 0 Å². The van der Waals surface area contributed by atoms with E-state index >= 15 is 0 Å². The zero-order valence-corrected chi connectivity index (χ0v) is 17.4. The summed E-state index contributed by atoms with van der Waals surface area (Å²) in [6.07, 6.45) is -2.83. The van der Waals surface area contributed by atoms with Crippen LogP contribution in [-0.2, 0) is 16.0 Å². The van der Waals surface area contributed by atoms with Gasteiger partial charge in [0.2, 0.25) is 5.88 Å². The third-order valence-corrected chi connectivity index (χ3v) is 6.17. The van der Waals surface area contributed by atoms with Crippen LogP contribution in [-0.4, -0.2) is 36.5 Å². The minimum Gasteiger partial charge on any atom is -0.471 e. The molecule has 0 aliphatic rings. The number of aliphatic hydroxyl groups is 1. The molecular weight excluding hydrogens is 407 g/mol. The Morgan fingerprint density at radius 2 is 1.69 bits per heavy atom. The smallest absolute Gasteiger partial charge is 0.417 e. The van der Waals surface area contributed by atoms with Crippen molar-refractivity contribution >= 4 is 9.84 Å². The van der Waals surface area contributed by atoms with E-state index in [0.717, 1.165) is 12.3 Å². The Balaban J connectivity index is 2.55. The summed E-state index contributed by atoms with van der Waals surface area (Å²) in [6.45, 7) is 5.20. The molecule has 29 heavy (non-hydrogen) atoms. The third kappa shape index (κ3) is 5.27. The fourth-order valence-corrected chi connectivity index (χ4v) is 3.52. The molecule has 0 aliphatic heterocycles. The van der Waals surface area contributed by atoms with Gasteiger partial charge in [0.25, 0.3) is 0 Å². The Bertz CT molecular complexity index is 953. The van der Waals surface area contributed by atoms with Crippen LogP contribution in [0.5, 0.6) is 5.88 Å². The average Bonchev–Trinajstić information content (AvgIpc) is 2.66. The number of nitrogens with zero attached hydrogens (tertiary/aromatic N) is 1. The van der Waals surface area contributed by atoms with E-state index in [0.29, 0.717) is 24.6 Å². The summed E-state index contributed by atoms with van der Waals surface area (Å²) in [7, 11) is -3.45. The van der Waals surface area contributed by atoms with Gasteiger partial charge in [-0.1, -0.05) is 26.0 Å². The predicted molar refractivity (Wildman–Crippen MR) is 103 cm³/mol. The van der Waals surface area contributed by atoms with Gasteiger partial charge in [-0.2, -0.15) is 13.2 Å². The molecule has 0 amide bonds. The van der Waals surface area contributed by atoms with Gasteiger partial charge in [0.05, 0.1) is 10.5 Å². The van der Waals surface area contributed by atoms with Crippen molar-refractivity contribution < 1.29 is 31.4 Å². The minimum absolute atomic E-state index is 0.0448. The van der Waals surface area contributed by atoms with Crippen LogP contribution < -0.4 is 4.74 Å². The number of ether oxygens (including phenoxy) is 1. The van der Waals surface area contributed by atoms with Gasteiger partial charge in [-0.15, -0.1) is 0 Å². The fourth-order valence-electron chi connectivity index (χ4n) is 2.89. The van der Waals surface area contributed by atoms with Crippen LogP contribution >= 0.6 is 0 Å². The summed E-state index contributed by atoms with van der Waals surface area (Å²) in [5, 5.41) is 10.6. The Labute approximate surface area is 168 Å². The summed E-state index contributed by atoms with van der Waals surface area (Å²) in [5.41, 5.74) is -1.75. The van der Waals surface area contributed by atoms with Crippen LogP contribution in [0.1, 0.15) is 39.2 Å². The van der Waals surface area contributed by atoms with Crippen molar-refractivity contribution in [3.8, 4) is 17.0 Å². The van der Waals surface area contributed by atoms with Crippen LogP contribution in [0.2, 0.25) is 0 Å². The summed E-state index contributed by atoms with van der Waals surface area (Å²) in [5.74, 6) is -0.0714. The molecule has 5 nitrogen and oxygen atoms in total. The van der Waals surface area contributed by atoms with Crippen LogP contribution in [0.4, 0.5) is 13.2 Å². The lowest BCUT2D eigenvalue weighted by Gasteiger charge is -2.32. The number of benzene rings is 1. The Hall–Kier alpha value is -2.13. The van der Waals surface area contributed by atoms with Gasteiger partial charge in [0, 0.05) is 18.0 Å². The highest BCUT2D eigenvalue weighted by molar-refractivity contribution is 7.90. The molecule has 0 fully saturated rings. The fraction of sp³-hybridized carbons (Fsp3) is 0.450. The first-order chi connectivity index (χ1) is 13.3. The van der Waals surface area contributed by atoms with Crippen LogP contribution in [0, 0.1) is 0 Å². The average molecular weight is 431 g/mol. The number of rotatable bonds is 7. The van der Waals surface area contributed by atoms with E-state index < -0.39 is 33.3 Å². The molecule has 160 valence electrons. The zero-order chi connectivity index (χ0) is 22.0. The number of sulfone groups is 1. The first kappa shape index (κ1) is 23.2. The molecule has 0 radical (unpaired) electrons. The second kappa shape index (κ2) is 8.31. The molecule has 1 N–H and O–H groups in total. The lowest BCUT2D eigenvalue weighted by atomic mass is 9.91. The first-order valence-electron chi connectivity index (χ1n) is 9.08.